The van der Waals surface area contributed by atoms with Gasteiger partial charge in [0.05, 0.1) is 0 Å². The molecule has 0 unspecified atom stereocenters. The molecular weight excluding hydrogens is 252 g/mol. The van der Waals surface area contributed by atoms with Crippen molar-refractivity contribution in [1.82, 2.24) is 0 Å². The third kappa shape index (κ3) is 3.61. The van der Waals surface area contributed by atoms with Crippen LogP contribution < -0.4 is 0 Å². The lowest BCUT2D eigenvalue weighted by Gasteiger charge is -2.09. The molecule has 0 nitrogen and oxygen atoms in total. The highest BCUT2D eigenvalue weighted by molar-refractivity contribution is 5.67. The minimum atomic E-state index is 1.12. The van der Waals surface area contributed by atoms with Crippen molar-refractivity contribution in [3.8, 4) is 11.1 Å². The molecule has 3 aromatic rings. The van der Waals surface area contributed by atoms with Crippen molar-refractivity contribution in [2.24, 2.45) is 0 Å². The fourth-order valence-corrected chi connectivity index (χ4v) is 2.77. The molecule has 0 heterocycles. The van der Waals surface area contributed by atoms with Gasteiger partial charge in [0.15, 0.2) is 0 Å². The first-order chi connectivity index (χ1) is 10.4. The van der Waals surface area contributed by atoms with Crippen LogP contribution in [0.4, 0.5) is 0 Å². The zero-order chi connectivity index (χ0) is 14.3. The first kappa shape index (κ1) is 13.6. The van der Waals surface area contributed by atoms with Gasteiger partial charge >= 0.3 is 0 Å². The van der Waals surface area contributed by atoms with E-state index in [2.05, 4.69) is 84.9 Å². The molecule has 0 aliphatic rings. The minimum absolute atomic E-state index is 1.12. The van der Waals surface area contributed by atoms with E-state index in [0.717, 1.165) is 12.8 Å². The molecule has 0 aromatic heterocycles. The number of hydrogen-bond acceptors (Lipinski definition) is 0. The topological polar surface area (TPSA) is 0 Å². The van der Waals surface area contributed by atoms with E-state index in [1.54, 1.807) is 0 Å². The summed E-state index contributed by atoms with van der Waals surface area (Å²) >= 11 is 0. The van der Waals surface area contributed by atoms with Crippen LogP contribution in [-0.4, -0.2) is 0 Å². The molecule has 0 aliphatic carbocycles. The van der Waals surface area contributed by atoms with Crippen LogP contribution in [0, 0.1) is 0 Å². The van der Waals surface area contributed by atoms with Crippen LogP contribution in [0.15, 0.2) is 84.9 Å². The lowest BCUT2D eigenvalue weighted by Crippen LogP contribution is -1.93. The number of benzene rings is 3. The molecule has 21 heavy (non-hydrogen) atoms. The van der Waals surface area contributed by atoms with Gasteiger partial charge in [-0.25, -0.2) is 0 Å². The lowest BCUT2D eigenvalue weighted by molar-refractivity contribution is 0.822. The summed E-state index contributed by atoms with van der Waals surface area (Å²) in [6, 6.07) is 30.2. The zero-order valence-corrected chi connectivity index (χ0v) is 12.2. The largest absolute Gasteiger partial charge is 0.0622 e. The van der Waals surface area contributed by atoms with Crippen molar-refractivity contribution in [3.63, 3.8) is 0 Å². The fourth-order valence-electron chi connectivity index (χ4n) is 2.77. The van der Waals surface area contributed by atoms with Crippen LogP contribution in [0.1, 0.15) is 17.5 Å². The van der Waals surface area contributed by atoms with Crippen LogP contribution in [0.5, 0.6) is 0 Å². The Hall–Kier alpha value is -2.34. The monoisotopic (exact) mass is 272 g/mol. The molecule has 0 heteroatoms. The maximum absolute atomic E-state index is 2.26. The molecule has 3 aromatic carbocycles. The standard InChI is InChI=1S/C21H20/c1-3-10-18(11-4-1)12-9-16-20-15-7-8-17-21(20)19-13-5-2-6-14-19/h1-8,10-11,13-15,17H,9,12,16H2. The third-order valence-electron chi connectivity index (χ3n) is 3.86. The second kappa shape index (κ2) is 6.90. The van der Waals surface area contributed by atoms with Gasteiger partial charge in [-0.2, -0.15) is 0 Å². The predicted octanol–water partition coefficient (Wildman–Crippen LogP) is 5.53. The van der Waals surface area contributed by atoms with E-state index in [1.165, 1.54) is 28.7 Å². The Morgan fingerprint density at radius 2 is 1.14 bits per heavy atom. The second-order valence-corrected chi connectivity index (χ2v) is 5.36. The van der Waals surface area contributed by atoms with Crippen molar-refractivity contribution in [2.45, 2.75) is 19.3 Å². The Morgan fingerprint density at radius 3 is 1.90 bits per heavy atom. The molecule has 0 fully saturated rings. The Labute approximate surface area is 127 Å². The zero-order valence-electron chi connectivity index (χ0n) is 12.2. The summed E-state index contributed by atoms with van der Waals surface area (Å²) in [5.41, 5.74) is 5.55. The van der Waals surface area contributed by atoms with Gasteiger partial charge in [-0.3, -0.25) is 0 Å². The highest BCUT2D eigenvalue weighted by Gasteiger charge is 2.04. The quantitative estimate of drug-likeness (QED) is 0.573. The number of aryl methyl sites for hydroxylation is 2. The summed E-state index contributed by atoms with van der Waals surface area (Å²) in [5.74, 6) is 0. The van der Waals surface area contributed by atoms with Crippen molar-refractivity contribution in [3.05, 3.63) is 96.1 Å². The summed E-state index contributed by atoms with van der Waals surface area (Å²) in [5, 5.41) is 0. The lowest BCUT2D eigenvalue weighted by atomic mass is 9.95. The smallest absolute Gasteiger partial charge is 0.0152 e. The van der Waals surface area contributed by atoms with E-state index >= 15 is 0 Å². The maximum Gasteiger partial charge on any atom is -0.0152 e. The van der Waals surface area contributed by atoms with Gasteiger partial charge < -0.3 is 0 Å². The van der Waals surface area contributed by atoms with E-state index in [0.29, 0.717) is 0 Å². The molecule has 0 amide bonds. The summed E-state index contributed by atoms with van der Waals surface area (Å²) < 4.78 is 0. The van der Waals surface area contributed by atoms with Gasteiger partial charge in [0.2, 0.25) is 0 Å². The molecule has 104 valence electrons. The van der Waals surface area contributed by atoms with Crippen LogP contribution in [0.25, 0.3) is 11.1 Å². The Balaban J connectivity index is 1.71. The first-order valence-electron chi connectivity index (χ1n) is 7.61. The van der Waals surface area contributed by atoms with E-state index in [1.807, 2.05) is 0 Å². The van der Waals surface area contributed by atoms with Crippen molar-refractivity contribution < 1.29 is 0 Å². The van der Waals surface area contributed by atoms with Crippen LogP contribution >= 0.6 is 0 Å². The van der Waals surface area contributed by atoms with Gasteiger partial charge in [0.25, 0.3) is 0 Å². The molecule has 0 saturated carbocycles. The molecule has 0 radical (unpaired) electrons. The van der Waals surface area contributed by atoms with E-state index in [-0.39, 0.29) is 0 Å². The van der Waals surface area contributed by atoms with Gasteiger partial charge in [-0.15, -0.1) is 0 Å². The highest BCUT2D eigenvalue weighted by atomic mass is 14.1. The summed E-state index contributed by atoms with van der Waals surface area (Å²) in [7, 11) is 0. The molecule has 0 spiro atoms. The molecule has 3 rings (SSSR count). The summed E-state index contributed by atoms with van der Waals surface area (Å²) in [4.78, 5) is 0. The SMILES string of the molecule is c1ccc(CCCc2ccccc2-c2ccccc2)cc1. The Morgan fingerprint density at radius 1 is 0.524 bits per heavy atom. The van der Waals surface area contributed by atoms with Crippen molar-refractivity contribution in [1.29, 1.82) is 0 Å². The van der Waals surface area contributed by atoms with E-state index in [4.69, 9.17) is 0 Å². The van der Waals surface area contributed by atoms with Crippen molar-refractivity contribution in [2.75, 3.05) is 0 Å². The highest BCUT2D eigenvalue weighted by Crippen LogP contribution is 2.24. The van der Waals surface area contributed by atoms with Gasteiger partial charge in [-0.1, -0.05) is 84.9 Å². The molecule has 0 aliphatic heterocycles. The fraction of sp³-hybridized carbons (Fsp3) is 0.143. The van der Waals surface area contributed by atoms with Crippen LogP contribution in [0.2, 0.25) is 0 Å². The second-order valence-electron chi connectivity index (χ2n) is 5.36. The van der Waals surface area contributed by atoms with E-state index < -0.39 is 0 Å². The third-order valence-corrected chi connectivity index (χ3v) is 3.86. The average molecular weight is 272 g/mol. The Kier molecular flexibility index (Phi) is 4.48. The molecular formula is C21H20. The normalized spacial score (nSPS) is 10.5. The van der Waals surface area contributed by atoms with Gasteiger partial charge in [0.1, 0.15) is 0 Å². The number of rotatable bonds is 5. The minimum Gasteiger partial charge on any atom is -0.0622 e. The van der Waals surface area contributed by atoms with Gasteiger partial charge in [-0.05, 0) is 41.5 Å². The summed E-state index contributed by atoms with van der Waals surface area (Å²) in [6.45, 7) is 0. The molecule has 0 saturated heterocycles. The maximum atomic E-state index is 2.26. The van der Waals surface area contributed by atoms with Gasteiger partial charge in [0, 0.05) is 0 Å². The van der Waals surface area contributed by atoms with Crippen LogP contribution in [-0.2, 0) is 12.8 Å². The average Bonchev–Trinajstić information content (AvgIpc) is 2.57. The first-order valence-corrected chi connectivity index (χ1v) is 7.61. The van der Waals surface area contributed by atoms with Crippen LogP contribution in [0.3, 0.4) is 0 Å². The Bertz CT molecular complexity index is 669. The molecule has 0 bridgehead atoms. The van der Waals surface area contributed by atoms with Crippen molar-refractivity contribution >= 4 is 0 Å². The number of hydrogen-bond donors (Lipinski definition) is 0. The predicted molar refractivity (Wildman–Crippen MR) is 90.3 cm³/mol. The summed E-state index contributed by atoms with van der Waals surface area (Å²) in [6.07, 6.45) is 3.46. The van der Waals surface area contributed by atoms with E-state index in [9.17, 15) is 0 Å². The molecule has 0 N–H and O–H groups in total. The molecule has 0 atom stereocenters.